The van der Waals surface area contributed by atoms with Crippen LogP contribution in [0.2, 0.25) is 0 Å². The Bertz CT molecular complexity index is 581. The zero-order valence-corrected chi connectivity index (χ0v) is 11.3. The number of anilines is 1. The van der Waals surface area contributed by atoms with Gasteiger partial charge in [0.05, 0.1) is 5.69 Å². The zero-order valence-electron chi connectivity index (χ0n) is 10.5. The van der Waals surface area contributed by atoms with Crippen molar-refractivity contribution >= 4 is 28.1 Å². The lowest BCUT2D eigenvalue weighted by atomic mass is 10.3. The topological polar surface area (TPSA) is 108 Å². The van der Waals surface area contributed by atoms with E-state index in [4.69, 9.17) is 5.11 Å². The van der Waals surface area contributed by atoms with Crippen molar-refractivity contribution in [3.05, 3.63) is 30.0 Å². The highest BCUT2D eigenvalue weighted by atomic mass is 32.2. The number of hydrogen-bond donors (Lipinski definition) is 3. The van der Waals surface area contributed by atoms with Gasteiger partial charge >= 0.3 is 5.97 Å². The van der Waals surface area contributed by atoms with Crippen LogP contribution in [0.1, 0.15) is 19.5 Å². The number of carbonyl (C=O) groups is 1. The minimum Gasteiger partial charge on any atom is -0.478 e. The molecule has 104 valence electrons. The average molecular weight is 285 g/mol. The van der Waals surface area contributed by atoms with E-state index in [0.29, 0.717) is 5.69 Å². The number of hydrogen-bond acceptors (Lipinski definition) is 4. The van der Waals surface area contributed by atoms with Crippen LogP contribution in [0.15, 0.2) is 24.3 Å². The summed E-state index contributed by atoms with van der Waals surface area (Å²) in [5.74, 6) is -0.991. The molecule has 0 aliphatic heterocycles. The molecule has 19 heavy (non-hydrogen) atoms. The Morgan fingerprint density at radius 2 is 2.11 bits per heavy atom. The van der Waals surface area contributed by atoms with Crippen LogP contribution in [0, 0.1) is 0 Å². The first-order valence-electron chi connectivity index (χ1n) is 5.46. The van der Waals surface area contributed by atoms with Gasteiger partial charge in [0.2, 0.25) is 0 Å². The maximum atomic E-state index is 11.6. The second-order valence-electron chi connectivity index (χ2n) is 4.00. The van der Waals surface area contributed by atoms with Crippen LogP contribution in [-0.2, 0) is 15.0 Å². The summed E-state index contributed by atoms with van der Waals surface area (Å²) in [6.45, 7) is 3.39. The van der Waals surface area contributed by atoms with E-state index in [2.05, 4.69) is 14.4 Å². The van der Waals surface area contributed by atoms with Crippen molar-refractivity contribution in [2.75, 3.05) is 4.72 Å². The van der Waals surface area contributed by atoms with Crippen LogP contribution < -0.4 is 9.44 Å². The van der Waals surface area contributed by atoms with E-state index in [1.54, 1.807) is 26.0 Å². The summed E-state index contributed by atoms with van der Waals surface area (Å²) in [6.07, 6.45) is 2.20. The van der Waals surface area contributed by atoms with Gasteiger partial charge in [-0.15, -0.1) is 0 Å². The number of nitrogens with zero attached hydrogens (tertiary/aromatic N) is 1. The van der Waals surface area contributed by atoms with Crippen molar-refractivity contribution in [2.45, 2.75) is 19.9 Å². The minimum absolute atomic E-state index is 0.112. The molecule has 0 bridgehead atoms. The van der Waals surface area contributed by atoms with Gasteiger partial charge in [-0.3, -0.25) is 4.72 Å². The molecule has 0 saturated heterocycles. The van der Waals surface area contributed by atoms with Crippen LogP contribution in [0.5, 0.6) is 0 Å². The molecule has 0 spiro atoms. The zero-order chi connectivity index (χ0) is 14.5. The highest BCUT2D eigenvalue weighted by Crippen LogP contribution is 2.08. The fourth-order valence-electron chi connectivity index (χ4n) is 1.24. The number of carboxylic acid groups (broad SMARTS) is 1. The molecule has 0 radical (unpaired) electrons. The van der Waals surface area contributed by atoms with Gasteiger partial charge in [-0.2, -0.15) is 13.1 Å². The Kier molecular flexibility index (Phi) is 5.02. The molecular weight excluding hydrogens is 270 g/mol. The Morgan fingerprint density at radius 1 is 1.42 bits per heavy atom. The quantitative estimate of drug-likeness (QED) is 0.671. The SMILES string of the molecule is CC(C)NS(=O)(=O)Nc1cccc(/C=C/C(=O)O)n1. The van der Waals surface area contributed by atoms with E-state index in [-0.39, 0.29) is 11.9 Å². The molecule has 0 aliphatic carbocycles. The summed E-state index contributed by atoms with van der Waals surface area (Å²) in [4.78, 5) is 14.3. The Labute approximate surface area is 111 Å². The third-order valence-electron chi connectivity index (χ3n) is 1.80. The number of nitrogens with one attached hydrogen (secondary N) is 2. The predicted molar refractivity (Wildman–Crippen MR) is 71.7 cm³/mol. The van der Waals surface area contributed by atoms with Crippen molar-refractivity contribution in [1.82, 2.24) is 9.71 Å². The lowest BCUT2D eigenvalue weighted by Crippen LogP contribution is -2.35. The first kappa shape index (κ1) is 15.1. The molecule has 0 fully saturated rings. The fraction of sp³-hybridized carbons (Fsp3) is 0.273. The maximum Gasteiger partial charge on any atom is 0.328 e. The maximum absolute atomic E-state index is 11.6. The second kappa shape index (κ2) is 6.30. The van der Waals surface area contributed by atoms with E-state index in [1.165, 1.54) is 12.1 Å². The van der Waals surface area contributed by atoms with E-state index in [0.717, 1.165) is 6.08 Å². The predicted octanol–water partition coefficient (Wildman–Crippen LogP) is 0.834. The van der Waals surface area contributed by atoms with Crippen molar-refractivity contribution in [3.8, 4) is 0 Å². The molecule has 3 N–H and O–H groups in total. The first-order valence-corrected chi connectivity index (χ1v) is 6.95. The van der Waals surface area contributed by atoms with Gasteiger partial charge in [-0.25, -0.2) is 9.78 Å². The van der Waals surface area contributed by atoms with E-state index >= 15 is 0 Å². The third-order valence-corrected chi connectivity index (χ3v) is 3.06. The lowest BCUT2D eigenvalue weighted by molar-refractivity contribution is -0.131. The normalized spacial score (nSPS) is 11.9. The Morgan fingerprint density at radius 3 is 2.68 bits per heavy atom. The molecular formula is C11H15N3O4S. The number of pyridine rings is 1. The van der Waals surface area contributed by atoms with Gasteiger partial charge < -0.3 is 5.11 Å². The van der Waals surface area contributed by atoms with Crippen molar-refractivity contribution in [2.24, 2.45) is 0 Å². The summed E-state index contributed by atoms with van der Waals surface area (Å²) < 4.78 is 27.8. The van der Waals surface area contributed by atoms with Crippen LogP contribution in [-0.4, -0.2) is 30.5 Å². The minimum atomic E-state index is -3.68. The third kappa shape index (κ3) is 5.98. The summed E-state index contributed by atoms with van der Waals surface area (Å²) in [6, 6.07) is 4.36. The van der Waals surface area contributed by atoms with E-state index in [9.17, 15) is 13.2 Å². The van der Waals surface area contributed by atoms with Crippen LogP contribution >= 0.6 is 0 Å². The molecule has 8 heteroatoms. The molecule has 0 aromatic carbocycles. The molecule has 1 aromatic rings. The molecule has 0 atom stereocenters. The summed E-state index contributed by atoms with van der Waals surface area (Å²) in [5.41, 5.74) is 0.340. The smallest absolute Gasteiger partial charge is 0.328 e. The van der Waals surface area contributed by atoms with Gasteiger partial charge in [0, 0.05) is 12.1 Å². The Balaban J connectivity index is 2.86. The molecule has 0 aliphatic rings. The number of rotatable bonds is 6. The Hall–Kier alpha value is -1.93. The fourth-order valence-corrected chi connectivity index (χ4v) is 2.30. The second-order valence-corrected chi connectivity index (χ2v) is 5.44. The van der Waals surface area contributed by atoms with E-state index in [1.807, 2.05) is 0 Å². The van der Waals surface area contributed by atoms with E-state index < -0.39 is 16.2 Å². The lowest BCUT2D eigenvalue weighted by Gasteiger charge is -2.11. The van der Waals surface area contributed by atoms with Crippen LogP contribution in [0.4, 0.5) is 5.82 Å². The van der Waals surface area contributed by atoms with Crippen LogP contribution in [0.25, 0.3) is 6.08 Å². The standard InChI is InChI=1S/C11H15N3O4S/c1-8(2)13-19(17,18)14-10-5-3-4-9(12-10)6-7-11(15)16/h3-8,13H,1-2H3,(H,12,14)(H,15,16)/b7-6+. The highest BCUT2D eigenvalue weighted by Gasteiger charge is 2.11. The number of aromatic nitrogens is 1. The molecule has 1 aromatic heterocycles. The summed E-state index contributed by atoms with van der Waals surface area (Å²) in [7, 11) is -3.68. The van der Waals surface area contributed by atoms with Gasteiger partial charge in [0.15, 0.2) is 0 Å². The molecule has 0 unspecified atom stereocenters. The number of carboxylic acids is 1. The molecule has 1 rings (SSSR count). The van der Waals surface area contributed by atoms with Crippen molar-refractivity contribution in [3.63, 3.8) is 0 Å². The van der Waals surface area contributed by atoms with Gasteiger partial charge in [0.1, 0.15) is 5.82 Å². The number of aliphatic carboxylic acids is 1. The van der Waals surface area contributed by atoms with Crippen molar-refractivity contribution in [1.29, 1.82) is 0 Å². The van der Waals surface area contributed by atoms with Gasteiger partial charge in [-0.1, -0.05) is 6.07 Å². The van der Waals surface area contributed by atoms with Crippen molar-refractivity contribution < 1.29 is 18.3 Å². The highest BCUT2D eigenvalue weighted by molar-refractivity contribution is 7.90. The first-order chi connectivity index (χ1) is 8.78. The van der Waals surface area contributed by atoms with Gasteiger partial charge in [0.25, 0.3) is 10.2 Å². The molecule has 7 nitrogen and oxygen atoms in total. The largest absolute Gasteiger partial charge is 0.478 e. The molecule has 0 amide bonds. The summed E-state index contributed by atoms with van der Waals surface area (Å²) in [5, 5.41) is 8.49. The van der Waals surface area contributed by atoms with Gasteiger partial charge in [-0.05, 0) is 32.1 Å². The summed E-state index contributed by atoms with van der Waals surface area (Å²) >= 11 is 0. The monoisotopic (exact) mass is 285 g/mol. The average Bonchev–Trinajstić information content (AvgIpc) is 2.24. The van der Waals surface area contributed by atoms with Crippen LogP contribution in [0.3, 0.4) is 0 Å². The molecule has 0 saturated carbocycles. The molecule has 1 heterocycles.